The highest BCUT2D eigenvalue weighted by Gasteiger charge is 2.24. The number of rotatable bonds is 6. The Morgan fingerprint density at radius 1 is 1.10 bits per heavy atom. The van der Waals surface area contributed by atoms with Crippen molar-refractivity contribution in [1.82, 2.24) is 9.62 Å². The second kappa shape index (κ2) is 9.34. The molecule has 1 heterocycles. The van der Waals surface area contributed by atoms with Gasteiger partial charge < -0.3 is 9.64 Å². The molecule has 2 aromatic carbocycles. The standard InChI is InChI=1S/C20H22Cl2N2O4S/c1-28-19-8-7-16(12-17(19)20(25)24-9-3-2-4-10-24)29(26,27)23-13-14-5-6-15(21)11-18(14)22/h5-8,11-12,23H,2-4,9-10,13H2,1H3. The van der Waals surface area contributed by atoms with Crippen LogP contribution in [-0.4, -0.2) is 39.4 Å². The quantitative estimate of drug-likeness (QED) is 0.709. The van der Waals surface area contributed by atoms with E-state index in [2.05, 4.69) is 4.72 Å². The van der Waals surface area contributed by atoms with Gasteiger partial charge in [0.25, 0.3) is 5.91 Å². The van der Waals surface area contributed by atoms with Crippen molar-refractivity contribution in [2.75, 3.05) is 20.2 Å². The van der Waals surface area contributed by atoms with Crippen molar-refractivity contribution < 1.29 is 17.9 Å². The Balaban J connectivity index is 1.84. The van der Waals surface area contributed by atoms with Crippen molar-refractivity contribution in [3.05, 3.63) is 57.6 Å². The van der Waals surface area contributed by atoms with Crippen LogP contribution in [0.5, 0.6) is 5.75 Å². The maximum atomic E-state index is 12.9. The second-order valence-electron chi connectivity index (χ2n) is 6.78. The molecule has 0 saturated carbocycles. The lowest BCUT2D eigenvalue weighted by atomic mass is 10.1. The molecule has 0 spiro atoms. The van der Waals surface area contributed by atoms with Crippen LogP contribution < -0.4 is 9.46 Å². The summed E-state index contributed by atoms with van der Waals surface area (Å²) in [5, 5.41) is 0.841. The van der Waals surface area contributed by atoms with Crippen molar-refractivity contribution >= 4 is 39.1 Å². The zero-order valence-corrected chi connectivity index (χ0v) is 18.3. The van der Waals surface area contributed by atoms with Crippen molar-refractivity contribution in [2.24, 2.45) is 0 Å². The molecule has 29 heavy (non-hydrogen) atoms. The molecular formula is C20H22Cl2N2O4S. The molecule has 1 aliphatic rings. The van der Waals surface area contributed by atoms with Crippen LogP contribution in [0.4, 0.5) is 0 Å². The first-order valence-corrected chi connectivity index (χ1v) is 11.5. The number of piperidine rings is 1. The van der Waals surface area contributed by atoms with Crippen LogP contribution in [0.3, 0.4) is 0 Å². The van der Waals surface area contributed by atoms with Crippen LogP contribution in [0.25, 0.3) is 0 Å². The lowest BCUT2D eigenvalue weighted by Crippen LogP contribution is -2.36. The third-order valence-electron chi connectivity index (χ3n) is 4.82. The first kappa shape index (κ1) is 21.9. The minimum absolute atomic E-state index is 0.000229. The number of sulfonamides is 1. The summed E-state index contributed by atoms with van der Waals surface area (Å²) < 4.78 is 33.4. The van der Waals surface area contributed by atoms with Gasteiger partial charge in [0.05, 0.1) is 17.6 Å². The smallest absolute Gasteiger partial charge is 0.257 e. The Morgan fingerprint density at radius 3 is 2.48 bits per heavy atom. The highest BCUT2D eigenvalue weighted by Crippen LogP contribution is 2.26. The van der Waals surface area contributed by atoms with E-state index >= 15 is 0 Å². The van der Waals surface area contributed by atoms with Gasteiger partial charge in [-0.25, -0.2) is 13.1 Å². The Hall–Kier alpha value is -1.80. The molecule has 1 amide bonds. The van der Waals surface area contributed by atoms with Crippen molar-refractivity contribution in [1.29, 1.82) is 0 Å². The number of carbonyl (C=O) groups is 1. The number of halogens is 2. The Kier molecular flexibility index (Phi) is 7.05. The van der Waals surface area contributed by atoms with Crippen molar-refractivity contribution in [2.45, 2.75) is 30.7 Å². The van der Waals surface area contributed by atoms with Gasteiger partial charge >= 0.3 is 0 Å². The minimum atomic E-state index is -3.87. The number of likely N-dealkylation sites (tertiary alicyclic amines) is 1. The van der Waals surface area contributed by atoms with E-state index in [0.717, 1.165) is 19.3 Å². The van der Waals surface area contributed by atoms with Crippen molar-refractivity contribution in [3.63, 3.8) is 0 Å². The molecular weight excluding hydrogens is 435 g/mol. The van der Waals surface area contributed by atoms with E-state index in [0.29, 0.717) is 34.4 Å². The number of hydrogen-bond donors (Lipinski definition) is 1. The highest BCUT2D eigenvalue weighted by molar-refractivity contribution is 7.89. The molecule has 2 aromatic rings. The van der Waals surface area contributed by atoms with E-state index in [9.17, 15) is 13.2 Å². The number of amides is 1. The number of carbonyl (C=O) groups excluding carboxylic acids is 1. The van der Waals surface area contributed by atoms with Crippen LogP contribution in [0, 0.1) is 0 Å². The molecule has 3 rings (SSSR count). The number of ether oxygens (including phenoxy) is 1. The van der Waals surface area contributed by atoms with Crippen LogP contribution >= 0.6 is 23.2 Å². The maximum Gasteiger partial charge on any atom is 0.257 e. The normalized spacial score (nSPS) is 14.7. The maximum absolute atomic E-state index is 12.9. The SMILES string of the molecule is COc1ccc(S(=O)(=O)NCc2ccc(Cl)cc2Cl)cc1C(=O)N1CCCCC1. The average molecular weight is 457 g/mol. The lowest BCUT2D eigenvalue weighted by Gasteiger charge is -2.27. The summed E-state index contributed by atoms with van der Waals surface area (Å²) in [5.74, 6) is 0.125. The Bertz CT molecular complexity index is 1010. The van der Waals surface area contributed by atoms with E-state index in [-0.39, 0.29) is 22.9 Å². The highest BCUT2D eigenvalue weighted by atomic mass is 35.5. The van der Waals surface area contributed by atoms with Crippen LogP contribution in [0.15, 0.2) is 41.3 Å². The van der Waals surface area contributed by atoms with Gasteiger partial charge in [-0.1, -0.05) is 29.3 Å². The van der Waals surface area contributed by atoms with Gasteiger partial charge in [0, 0.05) is 29.7 Å². The largest absolute Gasteiger partial charge is 0.496 e. The topological polar surface area (TPSA) is 75.7 Å². The number of benzene rings is 2. The molecule has 0 aromatic heterocycles. The number of nitrogens with zero attached hydrogens (tertiary/aromatic N) is 1. The van der Waals surface area contributed by atoms with E-state index in [1.807, 2.05) is 0 Å². The lowest BCUT2D eigenvalue weighted by molar-refractivity contribution is 0.0720. The molecule has 0 unspecified atom stereocenters. The van der Waals surface area contributed by atoms with Gasteiger partial charge in [-0.3, -0.25) is 4.79 Å². The Labute approximate surface area is 180 Å². The average Bonchev–Trinajstić information content (AvgIpc) is 2.72. The zero-order chi connectivity index (χ0) is 21.0. The fourth-order valence-electron chi connectivity index (χ4n) is 3.21. The van der Waals surface area contributed by atoms with Crippen LogP contribution in [0.1, 0.15) is 35.2 Å². The molecule has 1 N–H and O–H groups in total. The Morgan fingerprint density at radius 2 is 1.83 bits per heavy atom. The summed E-state index contributed by atoms with van der Waals surface area (Å²) in [7, 11) is -2.41. The zero-order valence-electron chi connectivity index (χ0n) is 16.0. The molecule has 0 aliphatic carbocycles. The summed E-state index contributed by atoms with van der Waals surface area (Å²) in [5.41, 5.74) is 0.833. The molecule has 6 nitrogen and oxygen atoms in total. The first-order chi connectivity index (χ1) is 13.8. The van der Waals surface area contributed by atoms with Gasteiger partial charge in [-0.15, -0.1) is 0 Å². The second-order valence-corrected chi connectivity index (χ2v) is 9.39. The third kappa shape index (κ3) is 5.22. The van der Waals surface area contributed by atoms with Crippen LogP contribution in [-0.2, 0) is 16.6 Å². The molecule has 1 saturated heterocycles. The summed E-state index contributed by atoms with van der Waals surface area (Å²) in [6.45, 7) is 1.32. The third-order valence-corrected chi connectivity index (χ3v) is 6.81. The van der Waals surface area contributed by atoms with Gasteiger partial charge in [-0.05, 0) is 55.2 Å². The fourth-order valence-corrected chi connectivity index (χ4v) is 4.72. The van der Waals surface area contributed by atoms with Gasteiger partial charge in [0.2, 0.25) is 10.0 Å². The summed E-state index contributed by atoms with van der Waals surface area (Å²) >= 11 is 12.0. The minimum Gasteiger partial charge on any atom is -0.496 e. The molecule has 0 atom stereocenters. The number of nitrogens with one attached hydrogen (secondary N) is 1. The number of hydrogen-bond acceptors (Lipinski definition) is 4. The van der Waals surface area contributed by atoms with E-state index in [4.69, 9.17) is 27.9 Å². The van der Waals surface area contributed by atoms with Gasteiger partial charge in [0.15, 0.2) is 0 Å². The molecule has 0 radical (unpaired) electrons. The van der Waals surface area contributed by atoms with E-state index in [1.165, 1.54) is 25.3 Å². The van der Waals surface area contributed by atoms with Crippen molar-refractivity contribution in [3.8, 4) is 5.75 Å². The molecule has 9 heteroatoms. The van der Waals surface area contributed by atoms with E-state index in [1.54, 1.807) is 23.1 Å². The first-order valence-electron chi connectivity index (χ1n) is 9.23. The monoisotopic (exact) mass is 456 g/mol. The summed E-state index contributed by atoms with van der Waals surface area (Å²) in [6.07, 6.45) is 2.97. The summed E-state index contributed by atoms with van der Waals surface area (Å²) in [6, 6.07) is 9.13. The summed E-state index contributed by atoms with van der Waals surface area (Å²) in [4.78, 5) is 14.6. The van der Waals surface area contributed by atoms with Crippen LogP contribution in [0.2, 0.25) is 10.0 Å². The van der Waals surface area contributed by atoms with E-state index < -0.39 is 10.0 Å². The predicted octanol–water partition coefficient (Wildman–Crippen LogP) is 4.11. The van der Waals surface area contributed by atoms with Gasteiger partial charge in [0.1, 0.15) is 5.75 Å². The molecule has 0 bridgehead atoms. The molecule has 156 valence electrons. The molecule has 1 fully saturated rings. The number of methoxy groups -OCH3 is 1. The predicted molar refractivity (Wildman–Crippen MR) is 113 cm³/mol. The molecule has 1 aliphatic heterocycles. The fraction of sp³-hybridized carbons (Fsp3) is 0.350. The van der Waals surface area contributed by atoms with Gasteiger partial charge in [-0.2, -0.15) is 0 Å².